The number of aromatic nitrogens is 1. The Morgan fingerprint density at radius 2 is 2.24 bits per heavy atom. The number of thiophene rings is 1. The highest BCUT2D eigenvalue weighted by atomic mass is 79.9. The van der Waals surface area contributed by atoms with Crippen molar-refractivity contribution < 1.29 is 20.2 Å². The number of nitrogens with two attached hydrogens (primary N) is 2. The van der Waals surface area contributed by atoms with Crippen LogP contribution in [0.2, 0.25) is 0 Å². The standard InChI is InChI=1S/C17H24BrN5O4S2/c1-22(26)16(10-24)27-17(29-12-5-11(18)6-21-7-12)14(25)9-23(20)8-13(19)15-3-2-4-28-15/h2-8,14,16-17,24-26H,9-10,19-20H2,1H3/b13-8-/t14-,16?,17?/m0/s1. The van der Waals surface area contributed by atoms with Crippen molar-refractivity contribution in [3.63, 3.8) is 0 Å². The molecule has 0 radical (unpaired) electrons. The minimum Gasteiger partial charge on any atom is -0.396 e. The van der Waals surface area contributed by atoms with E-state index in [9.17, 15) is 15.4 Å². The van der Waals surface area contributed by atoms with Crippen molar-refractivity contribution in [1.29, 1.82) is 0 Å². The lowest BCUT2D eigenvalue weighted by Gasteiger charge is -2.30. The number of aliphatic hydroxyl groups is 2. The Balaban J connectivity index is 2.11. The van der Waals surface area contributed by atoms with E-state index in [-0.39, 0.29) is 6.54 Å². The molecule has 0 bridgehead atoms. The predicted molar refractivity (Wildman–Crippen MR) is 116 cm³/mol. The number of pyridine rings is 1. The van der Waals surface area contributed by atoms with Crippen LogP contribution in [0.1, 0.15) is 4.88 Å². The van der Waals surface area contributed by atoms with Gasteiger partial charge < -0.3 is 30.9 Å². The summed E-state index contributed by atoms with van der Waals surface area (Å²) in [6.07, 6.45) is 2.67. The summed E-state index contributed by atoms with van der Waals surface area (Å²) in [7, 11) is 1.34. The van der Waals surface area contributed by atoms with E-state index in [2.05, 4.69) is 20.9 Å². The molecule has 0 aromatic carbocycles. The van der Waals surface area contributed by atoms with Crippen LogP contribution in [0, 0.1) is 0 Å². The Morgan fingerprint density at radius 3 is 2.83 bits per heavy atom. The van der Waals surface area contributed by atoms with Crippen LogP contribution in [-0.4, -0.2) is 68.4 Å². The van der Waals surface area contributed by atoms with Crippen molar-refractivity contribution in [3.05, 3.63) is 51.5 Å². The average Bonchev–Trinajstić information content (AvgIpc) is 3.19. The zero-order valence-electron chi connectivity index (χ0n) is 15.6. The molecule has 29 heavy (non-hydrogen) atoms. The first-order valence-electron chi connectivity index (χ1n) is 8.46. The molecule has 2 unspecified atom stereocenters. The Bertz CT molecular complexity index is 781. The minimum atomic E-state index is -1.08. The van der Waals surface area contributed by atoms with Gasteiger partial charge in [0.1, 0.15) is 11.5 Å². The number of hydrazine groups is 1. The summed E-state index contributed by atoms with van der Waals surface area (Å²) in [5.41, 5.74) is 5.63. The van der Waals surface area contributed by atoms with Crippen LogP contribution >= 0.6 is 39.0 Å². The van der Waals surface area contributed by atoms with Crippen LogP contribution in [0.15, 0.2) is 51.5 Å². The van der Waals surface area contributed by atoms with E-state index in [0.29, 0.717) is 5.70 Å². The van der Waals surface area contributed by atoms with E-state index in [1.807, 2.05) is 23.6 Å². The van der Waals surface area contributed by atoms with E-state index >= 15 is 0 Å². The maximum Gasteiger partial charge on any atom is 0.157 e. The van der Waals surface area contributed by atoms with Crippen molar-refractivity contribution in [2.24, 2.45) is 11.6 Å². The highest BCUT2D eigenvalue weighted by Gasteiger charge is 2.27. The summed E-state index contributed by atoms with van der Waals surface area (Å²) in [4.78, 5) is 5.67. The predicted octanol–water partition coefficient (Wildman–Crippen LogP) is 1.47. The van der Waals surface area contributed by atoms with Crippen molar-refractivity contribution in [1.82, 2.24) is 15.1 Å². The normalized spacial score (nSPS) is 15.3. The third kappa shape index (κ3) is 7.85. The number of nitrogens with zero attached hydrogens (tertiary/aromatic N) is 3. The zero-order chi connectivity index (χ0) is 21.4. The van der Waals surface area contributed by atoms with Crippen LogP contribution in [0.3, 0.4) is 0 Å². The summed E-state index contributed by atoms with van der Waals surface area (Å²) in [6, 6.07) is 5.56. The van der Waals surface area contributed by atoms with Crippen molar-refractivity contribution in [3.8, 4) is 0 Å². The fraction of sp³-hybridized carbons (Fsp3) is 0.353. The molecule has 0 amide bonds. The smallest absolute Gasteiger partial charge is 0.157 e. The molecule has 0 aliphatic carbocycles. The van der Waals surface area contributed by atoms with E-state index in [4.69, 9.17) is 16.3 Å². The van der Waals surface area contributed by atoms with E-state index < -0.39 is 24.4 Å². The molecule has 3 atom stereocenters. The monoisotopic (exact) mass is 505 g/mol. The number of ether oxygens (including phenoxy) is 1. The second-order valence-corrected chi connectivity index (χ2v) is 9.03. The van der Waals surface area contributed by atoms with Crippen LogP contribution in [0.25, 0.3) is 5.70 Å². The summed E-state index contributed by atoms with van der Waals surface area (Å²) in [6.45, 7) is -0.469. The lowest BCUT2D eigenvalue weighted by atomic mass is 10.3. The molecule has 2 heterocycles. The maximum absolute atomic E-state index is 10.7. The molecule has 0 saturated carbocycles. The first-order chi connectivity index (χ1) is 13.8. The van der Waals surface area contributed by atoms with Gasteiger partial charge in [0.05, 0.1) is 23.7 Å². The molecule has 9 nitrogen and oxygen atoms in total. The second kappa shape index (κ2) is 11.8. The SMILES string of the molecule is CN(O)C(CO)OC(Sc1cncc(Br)c1)[C@@H](O)CN(N)/C=C(\N)c1cccs1. The lowest BCUT2D eigenvalue weighted by Crippen LogP contribution is -2.45. The fourth-order valence-electron chi connectivity index (χ4n) is 2.23. The van der Waals surface area contributed by atoms with Crippen LogP contribution in [0.5, 0.6) is 0 Å². The van der Waals surface area contributed by atoms with Crippen LogP contribution in [-0.2, 0) is 4.74 Å². The van der Waals surface area contributed by atoms with Gasteiger partial charge in [0.15, 0.2) is 6.23 Å². The molecule has 0 aliphatic rings. The van der Waals surface area contributed by atoms with Gasteiger partial charge in [0.25, 0.3) is 0 Å². The van der Waals surface area contributed by atoms with E-state index in [1.165, 1.54) is 41.4 Å². The quantitative estimate of drug-likeness (QED) is 0.132. The Labute approximate surface area is 185 Å². The molecule has 2 rings (SSSR count). The zero-order valence-corrected chi connectivity index (χ0v) is 18.8. The number of rotatable bonds is 11. The van der Waals surface area contributed by atoms with Crippen LogP contribution < -0.4 is 11.6 Å². The fourth-order valence-corrected chi connectivity index (χ4v) is 4.41. The molecule has 160 valence electrons. The lowest BCUT2D eigenvalue weighted by molar-refractivity contribution is -0.225. The summed E-state index contributed by atoms with van der Waals surface area (Å²) in [5, 5.41) is 33.7. The van der Waals surface area contributed by atoms with Crippen molar-refractivity contribution in [2.75, 3.05) is 20.2 Å². The summed E-state index contributed by atoms with van der Waals surface area (Å²) >= 11 is 6.01. The number of hydroxylamine groups is 2. The van der Waals surface area contributed by atoms with E-state index in [1.54, 1.807) is 12.4 Å². The van der Waals surface area contributed by atoms with E-state index in [0.717, 1.165) is 19.3 Å². The molecule has 2 aromatic rings. The third-order valence-electron chi connectivity index (χ3n) is 3.62. The van der Waals surface area contributed by atoms with Gasteiger partial charge in [-0.15, -0.1) is 11.3 Å². The Hall–Kier alpha value is -1.22. The number of likely N-dealkylation sites (N-methyl/N-ethyl adjacent to an activating group) is 1. The molecule has 7 N–H and O–H groups in total. The third-order valence-corrected chi connectivity index (χ3v) is 6.12. The van der Waals surface area contributed by atoms with Gasteiger partial charge in [0, 0.05) is 35.0 Å². The van der Waals surface area contributed by atoms with Crippen LogP contribution in [0.4, 0.5) is 0 Å². The van der Waals surface area contributed by atoms with Crippen molar-refractivity contribution >= 4 is 44.7 Å². The van der Waals surface area contributed by atoms with Gasteiger partial charge in [-0.2, -0.15) is 5.06 Å². The molecular formula is C17H24BrN5O4S2. The van der Waals surface area contributed by atoms with Gasteiger partial charge in [0.2, 0.25) is 0 Å². The second-order valence-electron chi connectivity index (χ2n) is 6.00. The topological polar surface area (TPSA) is 141 Å². The van der Waals surface area contributed by atoms with Gasteiger partial charge >= 0.3 is 0 Å². The minimum absolute atomic E-state index is 0.00152. The first kappa shape index (κ1) is 24.1. The largest absolute Gasteiger partial charge is 0.396 e. The number of thioether (sulfide) groups is 1. The van der Waals surface area contributed by atoms with Gasteiger partial charge in [-0.05, 0) is 33.4 Å². The number of hydrogen-bond acceptors (Lipinski definition) is 11. The molecule has 2 aromatic heterocycles. The molecular weight excluding hydrogens is 482 g/mol. The number of halogens is 1. The van der Waals surface area contributed by atoms with Crippen molar-refractivity contribution in [2.45, 2.75) is 22.7 Å². The first-order valence-corrected chi connectivity index (χ1v) is 11.0. The average molecular weight is 506 g/mol. The molecule has 0 aliphatic heterocycles. The maximum atomic E-state index is 10.7. The van der Waals surface area contributed by atoms with Gasteiger partial charge in [-0.3, -0.25) is 4.98 Å². The number of aliphatic hydroxyl groups excluding tert-OH is 2. The highest BCUT2D eigenvalue weighted by Crippen LogP contribution is 2.29. The molecule has 0 saturated heterocycles. The molecule has 0 fully saturated rings. The Morgan fingerprint density at radius 1 is 1.48 bits per heavy atom. The summed E-state index contributed by atoms with van der Waals surface area (Å²) < 4.78 is 6.47. The van der Waals surface area contributed by atoms with Gasteiger partial charge in [-0.25, -0.2) is 5.84 Å². The van der Waals surface area contributed by atoms with Gasteiger partial charge in [-0.1, -0.05) is 17.8 Å². The molecule has 12 heteroatoms. The summed E-state index contributed by atoms with van der Waals surface area (Å²) in [5.74, 6) is 5.99. The highest BCUT2D eigenvalue weighted by molar-refractivity contribution is 9.10. The Kier molecular flexibility index (Phi) is 9.82. The number of hydrogen-bond donors (Lipinski definition) is 5. The molecule has 0 spiro atoms.